The molecular weight excluding hydrogens is 338 g/mol. The molecule has 0 saturated carbocycles. The zero-order valence-corrected chi connectivity index (χ0v) is 14.4. The predicted octanol–water partition coefficient (Wildman–Crippen LogP) is 2.97. The summed E-state index contributed by atoms with van der Waals surface area (Å²) in [6, 6.07) is 12.3. The number of benzene rings is 1. The number of aromatic nitrogens is 2. The van der Waals surface area contributed by atoms with Gasteiger partial charge in [-0.05, 0) is 41.8 Å². The van der Waals surface area contributed by atoms with Crippen molar-refractivity contribution in [1.29, 1.82) is 0 Å². The molecule has 0 spiro atoms. The number of thiophene rings is 1. The molecule has 0 aliphatic rings. The van der Waals surface area contributed by atoms with E-state index in [0.717, 1.165) is 10.6 Å². The highest BCUT2D eigenvalue weighted by Gasteiger charge is 2.20. The average molecular weight is 355 g/mol. The van der Waals surface area contributed by atoms with Gasteiger partial charge in [-0.15, -0.1) is 11.3 Å². The number of rotatable bonds is 6. The maximum atomic E-state index is 12.5. The van der Waals surface area contributed by atoms with Crippen molar-refractivity contribution in [2.24, 2.45) is 0 Å². The first-order valence-electron chi connectivity index (χ1n) is 7.68. The summed E-state index contributed by atoms with van der Waals surface area (Å²) in [5.74, 6) is -0.609. The Morgan fingerprint density at radius 1 is 1.24 bits per heavy atom. The Hall–Kier alpha value is -2.93. The highest BCUT2D eigenvalue weighted by atomic mass is 32.1. The SMILES string of the molecule is COC(=O)CC(NC(=O)c1ccc(-n2cccn2)cc1)c1cccs1. The van der Waals surface area contributed by atoms with Crippen LogP contribution in [0.3, 0.4) is 0 Å². The molecule has 0 saturated heterocycles. The van der Waals surface area contributed by atoms with Crippen molar-refractivity contribution in [2.45, 2.75) is 12.5 Å². The Kier molecular flexibility index (Phi) is 5.25. The number of hydrogen-bond donors (Lipinski definition) is 1. The number of esters is 1. The lowest BCUT2D eigenvalue weighted by Gasteiger charge is -2.16. The molecule has 3 aromatic rings. The van der Waals surface area contributed by atoms with Crippen molar-refractivity contribution in [3.05, 3.63) is 70.7 Å². The molecule has 0 aliphatic carbocycles. The normalized spacial score (nSPS) is 11.7. The van der Waals surface area contributed by atoms with Gasteiger partial charge in [0.05, 0.1) is 25.3 Å². The largest absolute Gasteiger partial charge is 0.469 e. The lowest BCUT2D eigenvalue weighted by atomic mass is 10.1. The summed E-state index contributed by atoms with van der Waals surface area (Å²) in [6.45, 7) is 0. The molecule has 7 heteroatoms. The van der Waals surface area contributed by atoms with Gasteiger partial charge in [-0.3, -0.25) is 9.59 Å². The number of nitrogens with one attached hydrogen (secondary N) is 1. The van der Waals surface area contributed by atoms with Crippen LogP contribution in [0.5, 0.6) is 0 Å². The van der Waals surface area contributed by atoms with Crippen LogP contribution in [0.4, 0.5) is 0 Å². The first kappa shape index (κ1) is 16.9. The third-order valence-electron chi connectivity index (χ3n) is 3.69. The molecule has 0 bridgehead atoms. The molecule has 0 radical (unpaired) electrons. The standard InChI is InChI=1S/C18H17N3O3S/c1-24-17(22)12-15(16-4-2-11-25-16)20-18(23)13-5-7-14(8-6-13)21-10-3-9-19-21/h2-11,15H,12H2,1H3,(H,20,23). The van der Waals surface area contributed by atoms with Crippen LogP contribution in [0.15, 0.2) is 60.2 Å². The van der Waals surface area contributed by atoms with Crippen molar-refractivity contribution in [3.63, 3.8) is 0 Å². The van der Waals surface area contributed by atoms with E-state index in [2.05, 4.69) is 10.4 Å². The molecule has 1 aromatic carbocycles. The fraction of sp³-hybridized carbons (Fsp3) is 0.167. The summed E-state index contributed by atoms with van der Waals surface area (Å²) in [6.07, 6.45) is 3.62. The van der Waals surface area contributed by atoms with Crippen molar-refractivity contribution in [1.82, 2.24) is 15.1 Å². The minimum absolute atomic E-state index is 0.0914. The number of carbonyl (C=O) groups is 2. The van der Waals surface area contributed by atoms with E-state index in [1.54, 1.807) is 23.0 Å². The molecule has 25 heavy (non-hydrogen) atoms. The lowest BCUT2D eigenvalue weighted by Crippen LogP contribution is -2.30. The first-order valence-corrected chi connectivity index (χ1v) is 8.56. The van der Waals surface area contributed by atoms with Crippen molar-refractivity contribution in [2.75, 3.05) is 7.11 Å². The quantitative estimate of drug-likeness (QED) is 0.690. The highest BCUT2D eigenvalue weighted by Crippen LogP contribution is 2.23. The Labute approximate surface area is 149 Å². The number of carbonyl (C=O) groups excluding carboxylic acids is 2. The number of hydrogen-bond acceptors (Lipinski definition) is 5. The molecule has 6 nitrogen and oxygen atoms in total. The van der Waals surface area contributed by atoms with Gasteiger partial charge in [-0.1, -0.05) is 6.07 Å². The Morgan fingerprint density at radius 3 is 2.64 bits per heavy atom. The van der Waals surface area contributed by atoms with E-state index >= 15 is 0 Å². The van der Waals surface area contributed by atoms with Gasteiger partial charge in [0.1, 0.15) is 0 Å². The Bertz CT molecular complexity index is 827. The summed E-state index contributed by atoms with van der Waals surface area (Å²) in [5, 5.41) is 8.96. The molecule has 0 aliphatic heterocycles. The molecule has 1 unspecified atom stereocenters. The van der Waals surface area contributed by atoms with E-state index in [4.69, 9.17) is 4.74 Å². The predicted molar refractivity (Wildman–Crippen MR) is 94.7 cm³/mol. The Morgan fingerprint density at radius 2 is 2.04 bits per heavy atom. The van der Waals surface area contributed by atoms with Crippen LogP contribution in [0.2, 0.25) is 0 Å². The molecule has 0 fully saturated rings. The van der Waals surface area contributed by atoms with Gasteiger partial charge in [0.2, 0.25) is 0 Å². The van der Waals surface area contributed by atoms with E-state index in [9.17, 15) is 9.59 Å². The molecule has 3 rings (SSSR count). The molecule has 2 heterocycles. The smallest absolute Gasteiger partial charge is 0.307 e. The topological polar surface area (TPSA) is 73.2 Å². The van der Waals surface area contributed by atoms with Crippen molar-refractivity contribution >= 4 is 23.2 Å². The van der Waals surface area contributed by atoms with Crippen LogP contribution in [0.1, 0.15) is 27.7 Å². The van der Waals surface area contributed by atoms with Gasteiger partial charge in [0, 0.05) is 22.8 Å². The lowest BCUT2D eigenvalue weighted by molar-refractivity contribution is -0.141. The van der Waals surface area contributed by atoms with Gasteiger partial charge in [-0.2, -0.15) is 5.10 Å². The van der Waals surface area contributed by atoms with Crippen LogP contribution in [-0.2, 0) is 9.53 Å². The monoisotopic (exact) mass is 355 g/mol. The summed E-state index contributed by atoms with van der Waals surface area (Å²) in [4.78, 5) is 25.1. The van der Waals surface area contributed by atoms with Gasteiger partial charge in [0.25, 0.3) is 5.91 Å². The number of amides is 1. The van der Waals surface area contributed by atoms with Crippen molar-refractivity contribution in [3.8, 4) is 5.69 Å². The first-order chi connectivity index (χ1) is 12.2. The van der Waals surface area contributed by atoms with Gasteiger partial charge in [0.15, 0.2) is 0 Å². The third kappa shape index (κ3) is 4.13. The Balaban J connectivity index is 1.73. The van der Waals surface area contributed by atoms with Crippen LogP contribution >= 0.6 is 11.3 Å². The molecule has 2 aromatic heterocycles. The van der Waals surface area contributed by atoms with E-state index < -0.39 is 6.04 Å². The number of ether oxygens (including phenoxy) is 1. The number of nitrogens with zero attached hydrogens (tertiary/aromatic N) is 2. The minimum Gasteiger partial charge on any atom is -0.469 e. The molecule has 1 amide bonds. The van der Waals surface area contributed by atoms with Crippen molar-refractivity contribution < 1.29 is 14.3 Å². The molecule has 1 atom stereocenters. The van der Waals surface area contributed by atoms with Gasteiger partial charge < -0.3 is 10.1 Å². The second-order valence-corrected chi connectivity index (χ2v) is 6.30. The van der Waals surface area contributed by atoms with Crippen LogP contribution in [0, 0.1) is 0 Å². The minimum atomic E-state index is -0.411. The van der Waals surface area contributed by atoms with E-state index in [-0.39, 0.29) is 18.3 Å². The molecule has 128 valence electrons. The van der Waals surface area contributed by atoms with E-state index in [1.807, 2.05) is 41.9 Å². The summed E-state index contributed by atoms with van der Waals surface area (Å²) in [7, 11) is 1.34. The summed E-state index contributed by atoms with van der Waals surface area (Å²) < 4.78 is 6.44. The summed E-state index contributed by atoms with van der Waals surface area (Å²) in [5.41, 5.74) is 1.38. The zero-order valence-electron chi connectivity index (χ0n) is 13.6. The van der Waals surface area contributed by atoms with Gasteiger partial charge in [-0.25, -0.2) is 4.68 Å². The van der Waals surface area contributed by atoms with Crippen LogP contribution < -0.4 is 5.32 Å². The maximum absolute atomic E-state index is 12.5. The molecule has 1 N–H and O–H groups in total. The second-order valence-electron chi connectivity index (χ2n) is 5.32. The fourth-order valence-corrected chi connectivity index (χ4v) is 3.17. The zero-order chi connectivity index (χ0) is 17.6. The van der Waals surface area contributed by atoms with E-state index in [0.29, 0.717) is 5.56 Å². The van der Waals surface area contributed by atoms with Gasteiger partial charge >= 0.3 is 5.97 Å². The summed E-state index contributed by atoms with van der Waals surface area (Å²) >= 11 is 1.49. The highest BCUT2D eigenvalue weighted by molar-refractivity contribution is 7.10. The second kappa shape index (κ2) is 7.76. The van der Waals surface area contributed by atoms with Crippen LogP contribution in [0.25, 0.3) is 5.69 Å². The average Bonchev–Trinajstić information content (AvgIpc) is 3.34. The number of methoxy groups -OCH3 is 1. The van der Waals surface area contributed by atoms with E-state index in [1.165, 1.54) is 18.4 Å². The fourth-order valence-electron chi connectivity index (χ4n) is 2.39. The molecular formula is C18H17N3O3S. The third-order valence-corrected chi connectivity index (χ3v) is 4.67. The van der Waals surface area contributed by atoms with Crippen LogP contribution in [-0.4, -0.2) is 28.8 Å². The maximum Gasteiger partial charge on any atom is 0.307 e.